The van der Waals surface area contributed by atoms with Gasteiger partial charge in [0.15, 0.2) is 5.82 Å². The minimum atomic E-state index is -0.417. The second-order valence-electron chi connectivity index (χ2n) is 7.49. The summed E-state index contributed by atoms with van der Waals surface area (Å²) in [4.78, 5) is 24.4. The largest absolute Gasteiger partial charge is 0.363 e. The molecule has 1 aliphatic rings. The zero-order valence-electron chi connectivity index (χ0n) is 16.4. The molecule has 5 rings (SSSR count). The maximum absolute atomic E-state index is 10.9. The number of aryl methyl sites for hydroxylation is 1. The van der Waals surface area contributed by atoms with Crippen molar-refractivity contribution in [3.05, 3.63) is 76.2 Å². The maximum atomic E-state index is 10.9. The number of nitro benzene ring substituents is 1. The van der Waals surface area contributed by atoms with Gasteiger partial charge in [0.2, 0.25) is 0 Å². The molecule has 2 aromatic heterocycles. The molecular formula is C22H20N6O2. The number of anilines is 1. The Bertz CT molecular complexity index is 1240. The van der Waals surface area contributed by atoms with E-state index in [1.807, 2.05) is 31.2 Å². The normalized spacial score (nSPS) is 13.5. The third kappa shape index (κ3) is 3.47. The van der Waals surface area contributed by atoms with E-state index in [1.54, 1.807) is 12.1 Å². The van der Waals surface area contributed by atoms with Crippen molar-refractivity contribution in [1.29, 1.82) is 0 Å². The van der Waals surface area contributed by atoms with Gasteiger partial charge in [0.25, 0.3) is 5.69 Å². The third-order valence-electron chi connectivity index (χ3n) is 5.20. The van der Waals surface area contributed by atoms with Gasteiger partial charge in [0, 0.05) is 35.5 Å². The highest BCUT2D eigenvalue weighted by molar-refractivity contribution is 5.76. The number of hydrogen-bond donors (Lipinski definition) is 1. The van der Waals surface area contributed by atoms with E-state index in [-0.39, 0.29) is 5.69 Å². The summed E-state index contributed by atoms with van der Waals surface area (Å²) in [5, 5.41) is 14.3. The van der Waals surface area contributed by atoms with Crippen LogP contribution < -0.4 is 5.32 Å². The third-order valence-corrected chi connectivity index (χ3v) is 5.20. The molecule has 2 aromatic carbocycles. The number of non-ortho nitro benzene ring substituents is 1. The fraction of sp³-hybridized carbons (Fsp3) is 0.227. The first-order valence-corrected chi connectivity index (χ1v) is 9.89. The molecule has 1 saturated carbocycles. The number of imidazole rings is 1. The molecule has 8 heteroatoms. The van der Waals surface area contributed by atoms with Gasteiger partial charge in [-0.2, -0.15) is 0 Å². The zero-order chi connectivity index (χ0) is 20.7. The van der Waals surface area contributed by atoms with Crippen molar-refractivity contribution >= 4 is 22.5 Å². The van der Waals surface area contributed by atoms with E-state index in [9.17, 15) is 10.1 Å². The highest BCUT2D eigenvalue weighted by Gasteiger charge is 2.28. The van der Waals surface area contributed by atoms with Crippen molar-refractivity contribution in [1.82, 2.24) is 19.5 Å². The van der Waals surface area contributed by atoms with Crippen LogP contribution in [0.1, 0.15) is 30.4 Å². The lowest BCUT2D eigenvalue weighted by Crippen LogP contribution is -2.09. The van der Waals surface area contributed by atoms with E-state index in [2.05, 4.69) is 25.9 Å². The van der Waals surface area contributed by atoms with Crippen molar-refractivity contribution < 1.29 is 4.92 Å². The van der Waals surface area contributed by atoms with Crippen LogP contribution in [0, 0.1) is 17.0 Å². The van der Waals surface area contributed by atoms with Crippen LogP contribution in [0.4, 0.5) is 11.5 Å². The molecule has 0 spiro atoms. The summed E-state index contributed by atoms with van der Waals surface area (Å²) in [6.45, 7) is 2.46. The summed E-state index contributed by atoms with van der Waals surface area (Å²) in [5.74, 6) is 2.22. The fourth-order valence-corrected chi connectivity index (χ4v) is 3.65. The Labute approximate surface area is 172 Å². The molecule has 150 valence electrons. The number of rotatable bonds is 6. The average Bonchev–Trinajstić information content (AvgIpc) is 3.52. The molecule has 1 aliphatic carbocycles. The van der Waals surface area contributed by atoms with Gasteiger partial charge in [-0.3, -0.25) is 10.1 Å². The summed E-state index contributed by atoms with van der Waals surface area (Å²) < 4.78 is 2.33. The predicted molar refractivity (Wildman–Crippen MR) is 114 cm³/mol. The highest BCUT2D eigenvalue weighted by atomic mass is 16.6. The lowest BCUT2D eigenvalue weighted by Gasteiger charge is -2.11. The SMILES string of the molecule is Cc1cc(NCc2nc3ccccc3n2C2CC2)nc(-c2ccc([N+](=O)[O-])cc2)n1. The van der Waals surface area contributed by atoms with Gasteiger partial charge in [-0.1, -0.05) is 12.1 Å². The standard InChI is InChI=1S/C22H20N6O2/c1-14-12-20(26-22(24-14)15-6-8-17(9-7-15)28(29)30)23-13-21-25-18-4-2-3-5-19(18)27(21)16-10-11-16/h2-9,12,16H,10-11,13H2,1H3,(H,23,24,26). The van der Waals surface area contributed by atoms with Gasteiger partial charge in [-0.15, -0.1) is 0 Å². The van der Waals surface area contributed by atoms with Gasteiger partial charge in [0.1, 0.15) is 11.6 Å². The molecule has 8 nitrogen and oxygen atoms in total. The number of nitro groups is 1. The second kappa shape index (κ2) is 7.22. The van der Waals surface area contributed by atoms with Crippen molar-refractivity contribution in [2.75, 3.05) is 5.32 Å². The maximum Gasteiger partial charge on any atom is 0.269 e. The molecule has 1 N–H and O–H groups in total. The second-order valence-corrected chi connectivity index (χ2v) is 7.49. The first-order valence-electron chi connectivity index (χ1n) is 9.89. The number of nitrogens with one attached hydrogen (secondary N) is 1. The molecule has 0 radical (unpaired) electrons. The minimum Gasteiger partial charge on any atom is -0.363 e. The van der Waals surface area contributed by atoms with Crippen LogP contribution in [0.15, 0.2) is 54.6 Å². The monoisotopic (exact) mass is 400 g/mol. The number of benzene rings is 2. The van der Waals surface area contributed by atoms with Crippen molar-refractivity contribution in [2.24, 2.45) is 0 Å². The van der Waals surface area contributed by atoms with Gasteiger partial charge in [0.05, 0.1) is 22.5 Å². The summed E-state index contributed by atoms with van der Waals surface area (Å²) in [6.07, 6.45) is 2.37. The number of para-hydroxylation sites is 2. The molecule has 2 heterocycles. The highest BCUT2D eigenvalue weighted by Crippen LogP contribution is 2.38. The van der Waals surface area contributed by atoms with Gasteiger partial charge in [-0.05, 0) is 44.0 Å². The van der Waals surface area contributed by atoms with Crippen LogP contribution in [0.2, 0.25) is 0 Å². The summed E-state index contributed by atoms with van der Waals surface area (Å²) >= 11 is 0. The average molecular weight is 400 g/mol. The molecule has 0 bridgehead atoms. The number of aromatic nitrogens is 4. The molecule has 0 atom stereocenters. The van der Waals surface area contributed by atoms with E-state index < -0.39 is 4.92 Å². The number of fused-ring (bicyclic) bond motifs is 1. The Balaban J connectivity index is 1.41. The van der Waals surface area contributed by atoms with Crippen molar-refractivity contribution in [2.45, 2.75) is 32.4 Å². The van der Waals surface area contributed by atoms with E-state index in [0.29, 0.717) is 24.2 Å². The number of hydrogen-bond acceptors (Lipinski definition) is 6. The summed E-state index contributed by atoms with van der Waals surface area (Å²) in [5.41, 5.74) is 3.77. The fourth-order valence-electron chi connectivity index (χ4n) is 3.65. The van der Waals surface area contributed by atoms with Crippen LogP contribution in [-0.2, 0) is 6.54 Å². The smallest absolute Gasteiger partial charge is 0.269 e. The van der Waals surface area contributed by atoms with Gasteiger partial charge < -0.3 is 9.88 Å². The molecular weight excluding hydrogens is 380 g/mol. The quantitative estimate of drug-likeness (QED) is 0.373. The Kier molecular flexibility index (Phi) is 4.39. The van der Waals surface area contributed by atoms with Gasteiger partial charge in [-0.25, -0.2) is 15.0 Å². The van der Waals surface area contributed by atoms with Crippen LogP contribution >= 0.6 is 0 Å². The van der Waals surface area contributed by atoms with E-state index in [4.69, 9.17) is 4.98 Å². The Morgan fingerprint density at radius 2 is 1.87 bits per heavy atom. The summed E-state index contributed by atoms with van der Waals surface area (Å²) in [7, 11) is 0. The molecule has 0 aliphatic heterocycles. The molecule has 0 amide bonds. The Hall–Kier alpha value is -3.81. The molecule has 0 unspecified atom stereocenters. The van der Waals surface area contributed by atoms with E-state index in [0.717, 1.165) is 22.6 Å². The topological polar surface area (TPSA) is 98.8 Å². The lowest BCUT2D eigenvalue weighted by atomic mass is 10.2. The Morgan fingerprint density at radius 1 is 1.10 bits per heavy atom. The van der Waals surface area contributed by atoms with Crippen LogP contribution in [0.3, 0.4) is 0 Å². The molecule has 1 fully saturated rings. The van der Waals surface area contributed by atoms with Crippen LogP contribution in [-0.4, -0.2) is 24.4 Å². The van der Waals surface area contributed by atoms with Crippen LogP contribution in [0.5, 0.6) is 0 Å². The van der Waals surface area contributed by atoms with Crippen molar-refractivity contribution in [3.8, 4) is 11.4 Å². The summed E-state index contributed by atoms with van der Waals surface area (Å²) in [6, 6.07) is 16.9. The Morgan fingerprint density at radius 3 is 2.60 bits per heavy atom. The molecule has 30 heavy (non-hydrogen) atoms. The van der Waals surface area contributed by atoms with Crippen LogP contribution in [0.25, 0.3) is 22.4 Å². The number of nitrogens with zero attached hydrogens (tertiary/aromatic N) is 5. The lowest BCUT2D eigenvalue weighted by molar-refractivity contribution is -0.384. The van der Waals surface area contributed by atoms with E-state index in [1.165, 1.54) is 30.5 Å². The predicted octanol–water partition coefficient (Wildman–Crippen LogP) is 4.66. The molecule has 0 saturated heterocycles. The first-order chi connectivity index (χ1) is 14.6. The molecule has 4 aromatic rings. The minimum absolute atomic E-state index is 0.0451. The van der Waals surface area contributed by atoms with E-state index >= 15 is 0 Å². The first kappa shape index (κ1) is 18.2. The zero-order valence-corrected chi connectivity index (χ0v) is 16.4. The van der Waals surface area contributed by atoms with Crippen molar-refractivity contribution in [3.63, 3.8) is 0 Å². The van der Waals surface area contributed by atoms with Gasteiger partial charge >= 0.3 is 0 Å².